The number of pyridine rings is 1. The van der Waals surface area contributed by atoms with Crippen molar-refractivity contribution in [2.75, 3.05) is 19.7 Å². The standard InChI is InChI=1S/C16H28FN3O/c1-4-14(5-2)20(8-9-21)11-12(3)16(18)15-7-6-13(17)10-19-15/h6-7,10,12,14,16,21H,4-5,8-9,11,18H2,1-3H3. The molecular weight excluding hydrogens is 269 g/mol. The Morgan fingerprint density at radius 3 is 2.48 bits per heavy atom. The molecule has 2 unspecified atom stereocenters. The van der Waals surface area contributed by atoms with Crippen LogP contribution in [0.15, 0.2) is 18.3 Å². The highest BCUT2D eigenvalue weighted by Crippen LogP contribution is 2.20. The highest BCUT2D eigenvalue weighted by molar-refractivity contribution is 5.10. The highest BCUT2D eigenvalue weighted by atomic mass is 19.1. The van der Waals surface area contributed by atoms with Crippen molar-refractivity contribution in [3.63, 3.8) is 0 Å². The summed E-state index contributed by atoms with van der Waals surface area (Å²) in [6, 6.07) is 3.25. The molecule has 0 radical (unpaired) electrons. The molecule has 0 amide bonds. The van der Waals surface area contributed by atoms with E-state index in [1.54, 1.807) is 6.07 Å². The van der Waals surface area contributed by atoms with Crippen molar-refractivity contribution in [3.05, 3.63) is 29.8 Å². The van der Waals surface area contributed by atoms with Gasteiger partial charge in [-0.3, -0.25) is 9.88 Å². The van der Waals surface area contributed by atoms with E-state index in [9.17, 15) is 9.50 Å². The summed E-state index contributed by atoms with van der Waals surface area (Å²) in [5.74, 6) is -0.173. The number of aliphatic hydroxyl groups excluding tert-OH is 1. The van der Waals surface area contributed by atoms with Crippen molar-refractivity contribution in [3.8, 4) is 0 Å². The molecular formula is C16H28FN3O. The van der Waals surface area contributed by atoms with Crippen LogP contribution in [0.25, 0.3) is 0 Å². The smallest absolute Gasteiger partial charge is 0.141 e. The van der Waals surface area contributed by atoms with Gasteiger partial charge in [-0.25, -0.2) is 4.39 Å². The van der Waals surface area contributed by atoms with Gasteiger partial charge in [-0.15, -0.1) is 0 Å². The van der Waals surface area contributed by atoms with Crippen LogP contribution in [0.1, 0.15) is 45.3 Å². The molecule has 0 aromatic carbocycles. The summed E-state index contributed by atoms with van der Waals surface area (Å²) in [4.78, 5) is 6.36. The van der Waals surface area contributed by atoms with E-state index in [0.29, 0.717) is 18.3 Å². The molecule has 3 N–H and O–H groups in total. The topological polar surface area (TPSA) is 62.4 Å². The molecule has 0 bridgehead atoms. The second kappa shape index (κ2) is 9.07. The fraction of sp³-hybridized carbons (Fsp3) is 0.688. The lowest BCUT2D eigenvalue weighted by Gasteiger charge is -2.33. The number of nitrogens with zero attached hydrogens (tertiary/aromatic N) is 2. The van der Waals surface area contributed by atoms with Gasteiger partial charge in [0.25, 0.3) is 0 Å². The van der Waals surface area contributed by atoms with Gasteiger partial charge in [0.15, 0.2) is 0 Å². The van der Waals surface area contributed by atoms with Crippen molar-refractivity contribution in [1.29, 1.82) is 0 Å². The SMILES string of the molecule is CCC(CC)N(CCO)CC(C)C(N)c1ccc(F)cn1. The van der Waals surface area contributed by atoms with Crippen LogP contribution >= 0.6 is 0 Å². The summed E-state index contributed by atoms with van der Waals surface area (Å²) in [6.07, 6.45) is 3.30. The summed E-state index contributed by atoms with van der Waals surface area (Å²) in [5, 5.41) is 9.25. The summed E-state index contributed by atoms with van der Waals surface area (Å²) in [5.41, 5.74) is 6.95. The van der Waals surface area contributed by atoms with Crippen LogP contribution in [0.5, 0.6) is 0 Å². The zero-order valence-corrected chi connectivity index (χ0v) is 13.3. The quantitative estimate of drug-likeness (QED) is 0.734. The third-order valence-corrected chi connectivity index (χ3v) is 4.07. The molecule has 2 atom stereocenters. The number of nitrogens with two attached hydrogens (primary N) is 1. The number of aromatic nitrogens is 1. The summed E-state index contributed by atoms with van der Waals surface area (Å²) in [7, 11) is 0. The number of halogens is 1. The van der Waals surface area contributed by atoms with E-state index in [1.165, 1.54) is 12.3 Å². The molecule has 1 rings (SSSR count). The minimum absolute atomic E-state index is 0.146. The van der Waals surface area contributed by atoms with E-state index in [1.807, 2.05) is 0 Å². The van der Waals surface area contributed by atoms with Crippen molar-refractivity contribution in [2.24, 2.45) is 11.7 Å². The van der Waals surface area contributed by atoms with Crippen LogP contribution in [0, 0.1) is 11.7 Å². The van der Waals surface area contributed by atoms with Gasteiger partial charge in [0.05, 0.1) is 24.5 Å². The second-order valence-electron chi connectivity index (χ2n) is 5.59. The Morgan fingerprint density at radius 1 is 1.33 bits per heavy atom. The maximum Gasteiger partial charge on any atom is 0.141 e. The Bertz CT molecular complexity index is 395. The van der Waals surface area contributed by atoms with Gasteiger partial charge in [-0.2, -0.15) is 0 Å². The fourth-order valence-electron chi connectivity index (χ4n) is 2.72. The highest BCUT2D eigenvalue weighted by Gasteiger charge is 2.22. The average molecular weight is 297 g/mol. The van der Waals surface area contributed by atoms with Gasteiger partial charge in [-0.1, -0.05) is 20.8 Å². The summed E-state index contributed by atoms with van der Waals surface area (Å²) < 4.78 is 12.9. The van der Waals surface area contributed by atoms with Crippen LogP contribution in [0.2, 0.25) is 0 Å². The molecule has 0 saturated heterocycles. The van der Waals surface area contributed by atoms with Crippen LogP contribution in [0.4, 0.5) is 4.39 Å². The lowest BCUT2D eigenvalue weighted by molar-refractivity contribution is 0.121. The fourth-order valence-corrected chi connectivity index (χ4v) is 2.72. The molecule has 120 valence electrons. The van der Waals surface area contributed by atoms with Crippen molar-refractivity contribution < 1.29 is 9.50 Å². The van der Waals surface area contributed by atoms with Gasteiger partial charge >= 0.3 is 0 Å². The summed E-state index contributed by atoms with van der Waals surface area (Å²) in [6.45, 7) is 7.98. The molecule has 1 heterocycles. The molecule has 0 spiro atoms. The Kier molecular flexibility index (Phi) is 7.78. The maximum absolute atomic E-state index is 12.9. The first-order valence-electron chi connectivity index (χ1n) is 7.75. The predicted octanol–water partition coefficient (Wildman–Crippen LogP) is 2.34. The van der Waals surface area contributed by atoms with Crippen LogP contribution in [-0.4, -0.2) is 40.7 Å². The van der Waals surface area contributed by atoms with E-state index in [0.717, 1.165) is 19.4 Å². The first-order valence-corrected chi connectivity index (χ1v) is 7.75. The second-order valence-corrected chi connectivity index (χ2v) is 5.59. The molecule has 0 aliphatic carbocycles. The third-order valence-electron chi connectivity index (χ3n) is 4.07. The number of rotatable bonds is 9. The van der Waals surface area contributed by atoms with E-state index >= 15 is 0 Å². The molecule has 0 saturated carbocycles. The Morgan fingerprint density at radius 2 is 2.00 bits per heavy atom. The molecule has 0 fully saturated rings. The molecule has 21 heavy (non-hydrogen) atoms. The predicted molar refractivity (Wildman–Crippen MR) is 83.3 cm³/mol. The average Bonchev–Trinajstić information content (AvgIpc) is 2.48. The lowest BCUT2D eigenvalue weighted by Crippen LogP contribution is -2.41. The van der Waals surface area contributed by atoms with Crippen LogP contribution < -0.4 is 5.73 Å². The van der Waals surface area contributed by atoms with E-state index in [-0.39, 0.29) is 24.4 Å². The molecule has 4 nitrogen and oxygen atoms in total. The van der Waals surface area contributed by atoms with Gasteiger partial charge in [0, 0.05) is 19.1 Å². The van der Waals surface area contributed by atoms with Gasteiger partial charge in [0.1, 0.15) is 5.82 Å². The summed E-state index contributed by atoms with van der Waals surface area (Å²) >= 11 is 0. The number of hydrogen-bond donors (Lipinski definition) is 2. The molecule has 0 aliphatic rings. The Hall–Kier alpha value is -1.04. The van der Waals surface area contributed by atoms with Gasteiger partial charge in [-0.05, 0) is 30.9 Å². The molecule has 5 heteroatoms. The monoisotopic (exact) mass is 297 g/mol. The van der Waals surface area contributed by atoms with Crippen molar-refractivity contribution >= 4 is 0 Å². The first-order chi connectivity index (χ1) is 10.0. The van der Waals surface area contributed by atoms with Crippen molar-refractivity contribution in [1.82, 2.24) is 9.88 Å². The van der Waals surface area contributed by atoms with E-state index in [4.69, 9.17) is 5.73 Å². The van der Waals surface area contributed by atoms with Crippen LogP contribution in [-0.2, 0) is 0 Å². The Labute approximate surface area is 127 Å². The minimum Gasteiger partial charge on any atom is -0.395 e. The Balaban J connectivity index is 2.71. The largest absolute Gasteiger partial charge is 0.395 e. The lowest BCUT2D eigenvalue weighted by atomic mass is 9.97. The van der Waals surface area contributed by atoms with Gasteiger partial charge < -0.3 is 10.8 Å². The minimum atomic E-state index is -0.349. The normalized spacial score (nSPS) is 14.7. The van der Waals surface area contributed by atoms with Crippen molar-refractivity contribution in [2.45, 2.75) is 45.7 Å². The van der Waals surface area contributed by atoms with E-state index in [2.05, 4.69) is 30.7 Å². The molecule has 1 aromatic rings. The first kappa shape index (κ1) is 18.0. The zero-order chi connectivity index (χ0) is 15.8. The van der Waals surface area contributed by atoms with E-state index < -0.39 is 0 Å². The zero-order valence-electron chi connectivity index (χ0n) is 13.3. The molecule has 0 aliphatic heterocycles. The third kappa shape index (κ3) is 5.34. The van der Waals surface area contributed by atoms with Gasteiger partial charge in [0.2, 0.25) is 0 Å². The number of aliphatic hydroxyl groups is 1. The van der Waals surface area contributed by atoms with Crippen LogP contribution in [0.3, 0.4) is 0 Å². The molecule has 1 aromatic heterocycles. The number of hydrogen-bond acceptors (Lipinski definition) is 4. The maximum atomic E-state index is 12.9.